The molecule has 0 aromatic rings. The largest absolute Gasteiger partial charge is 0.307 e. The first-order valence-corrected chi connectivity index (χ1v) is 1.86. The summed E-state index contributed by atoms with van der Waals surface area (Å²) in [6.45, 7) is 0. The average molecular weight is 96.1 g/mol. The van der Waals surface area contributed by atoms with Crippen LogP contribution in [-0.4, -0.2) is 5.94 Å². The third-order valence-electron chi connectivity index (χ3n) is 0.650. The van der Waals surface area contributed by atoms with Gasteiger partial charge in [-0.3, -0.25) is 5.43 Å². The summed E-state index contributed by atoms with van der Waals surface area (Å²) in [4.78, 5) is 9.69. The number of hydrogen-bond acceptors (Lipinski definition) is 3. The molecule has 0 aliphatic carbocycles. The lowest BCUT2D eigenvalue weighted by Crippen LogP contribution is -2.18. The summed E-state index contributed by atoms with van der Waals surface area (Å²) in [5, 5.41) is 0. The van der Waals surface area contributed by atoms with E-state index in [0.29, 0.717) is 5.70 Å². The van der Waals surface area contributed by atoms with Crippen LogP contribution in [0.3, 0.4) is 0 Å². The van der Waals surface area contributed by atoms with Gasteiger partial charge in [0.25, 0.3) is 0 Å². The molecule has 3 nitrogen and oxygen atoms in total. The first kappa shape index (κ1) is 3.96. The zero-order valence-electron chi connectivity index (χ0n) is 3.56. The van der Waals surface area contributed by atoms with Crippen molar-refractivity contribution in [3.63, 3.8) is 0 Å². The summed E-state index contributed by atoms with van der Waals surface area (Å²) < 4.78 is 0. The number of nitrogens with one attached hydrogen (secondary N) is 2. The lowest BCUT2D eigenvalue weighted by molar-refractivity contribution is 0.565. The second kappa shape index (κ2) is 1.49. The molecule has 1 aliphatic rings. The molecule has 2 N–H and O–H groups in total. The molecule has 0 unspecified atom stereocenters. The van der Waals surface area contributed by atoms with Gasteiger partial charge in [0.15, 0.2) is 5.94 Å². The molecule has 1 aliphatic heterocycles. The molecule has 0 saturated carbocycles. The summed E-state index contributed by atoms with van der Waals surface area (Å²) in [7, 11) is 0. The van der Waals surface area contributed by atoms with E-state index in [1.807, 2.05) is 0 Å². The van der Waals surface area contributed by atoms with Gasteiger partial charge in [0.05, 0.1) is 0 Å². The van der Waals surface area contributed by atoms with Gasteiger partial charge in [-0.15, -0.1) is 0 Å². The van der Waals surface area contributed by atoms with Gasteiger partial charge >= 0.3 is 0 Å². The maximum atomic E-state index is 9.69. The van der Waals surface area contributed by atoms with Crippen LogP contribution in [0.4, 0.5) is 0 Å². The lowest BCUT2D eigenvalue weighted by atomic mass is 10.5. The van der Waals surface area contributed by atoms with Crippen LogP contribution in [0.2, 0.25) is 0 Å². The monoisotopic (exact) mass is 96.0 g/mol. The summed E-state index contributed by atoms with van der Waals surface area (Å²) in [6.07, 6.45) is 3.23. The van der Waals surface area contributed by atoms with Crippen molar-refractivity contribution < 1.29 is 4.79 Å². The van der Waals surface area contributed by atoms with Gasteiger partial charge in [0, 0.05) is 6.20 Å². The van der Waals surface area contributed by atoms with Crippen LogP contribution in [0.15, 0.2) is 18.0 Å². The van der Waals surface area contributed by atoms with Crippen molar-refractivity contribution >= 4 is 5.94 Å². The molecule has 0 amide bonds. The fraction of sp³-hybridized carbons (Fsp3) is 0. The van der Waals surface area contributed by atoms with Crippen LogP contribution in [-0.2, 0) is 4.79 Å². The van der Waals surface area contributed by atoms with Crippen LogP contribution in [0.25, 0.3) is 0 Å². The van der Waals surface area contributed by atoms with Crippen molar-refractivity contribution in [2.75, 3.05) is 0 Å². The Hall–Kier alpha value is -1.21. The Labute approximate surface area is 40.7 Å². The van der Waals surface area contributed by atoms with Gasteiger partial charge < -0.3 is 5.43 Å². The van der Waals surface area contributed by atoms with E-state index in [4.69, 9.17) is 0 Å². The van der Waals surface area contributed by atoms with E-state index in [0.717, 1.165) is 0 Å². The number of hydrogen-bond donors (Lipinski definition) is 2. The van der Waals surface area contributed by atoms with E-state index in [9.17, 15) is 4.79 Å². The molecule has 3 heteroatoms. The standard InChI is InChI=1S/C4H4N2O/c7-3-4-1-2-5-6-4/h1-2,5-6H. The molecular weight excluding hydrogens is 92.1 g/mol. The molecule has 0 aromatic carbocycles. The summed E-state index contributed by atoms with van der Waals surface area (Å²) in [5.41, 5.74) is 5.58. The van der Waals surface area contributed by atoms with E-state index in [1.54, 1.807) is 18.2 Å². The van der Waals surface area contributed by atoms with Crippen molar-refractivity contribution in [2.45, 2.75) is 0 Å². The van der Waals surface area contributed by atoms with E-state index < -0.39 is 0 Å². The summed E-state index contributed by atoms with van der Waals surface area (Å²) in [6, 6.07) is 0. The van der Waals surface area contributed by atoms with Gasteiger partial charge in [-0.25, -0.2) is 4.79 Å². The third-order valence-corrected chi connectivity index (χ3v) is 0.650. The number of hydrazine groups is 1. The van der Waals surface area contributed by atoms with Crippen LogP contribution in [0.1, 0.15) is 0 Å². The minimum absolute atomic E-state index is 0.444. The van der Waals surface area contributed by atoms with Crippen LogP contribution < -0.4 is 10.9 Å². The number of carbonyl (C=O) groups excluding carboxylic acids is 1. The molecule has 1 rings (SSSR count). The molecule has 0 atom stereocenters. The van der Waals surface area contributed by atoms with Crippen molar-refractivity contribution in [1.29, 1.82) is 0 Å². The fourth-order valence-corrected chi connectivity index (χ4v) is 0.346. The van der Waals surface area contributed by atoms with Crippen molar-refractivity contribution in [2.24, 2.45) is 0 Å². The average Bonchev–Trinajstić information content (AvgIpc) is 2.14. The van der Waals surface area contributed by atoms with Gasteiger partial charge in [-0.2, -0.15) is 0 Å². The van der Waals surface area contributed by atoms with Crippen molar-refractivity contribution in [3.05, 3.63) is 18.0 Å². The Morgan fingerprint density at radius 3 is 2.86 bits per heavy atom. The first-order valence-electron chi connectivity index (χ1n) is 1.86. The van der Waals surface area contributed by atoms with Crippen LogP contribution >= 0.6 is 0 Å². The Balaban J connectivity index is 2.77. The van der Waals surface area contributed by atoms with E-state index in [-0.39, 0.29) is 0 Å². The molecule has 36 valence electrons. The molecule has 7 heavy (non-hydrogen) atoms. The van der Waals surface area contributed by atoms with Gasteiger partial charge in [-0.05, 0) is 6.08 Å². The summed E-state index contributed by atoms with van der Waals surface area (Å²) in [5.74, 6) is 1.67. The number of allylic oxidation sites excluding steroid dienone is 1. The molecule has 0 spiro atoms. The minimum Gasteiger partial charge on any atom is -0.307 e. The predicted octanol–water partition coefficient (Wildman–Crippen LogP) is -0.677. The highest BCUT2D eigenvalue weighted by atomic mass is 16.1. The van der Waals surface area contributed by atoms with Crippen LogP contribution in [0.5, 0.6) is 0 Å². The second-order valence-electron chi connectivity index (χ2n) is 1.12. The highest BCUT2D eigenvalue weighted by Crippen LogP contribution is 1.85. The topological polar surface area (TPSA) is 41.1 Å². The second-order valence-corrected chi connectivity index (χ2v) is 1.12. The molecular formula is C4H4N2O. The van der Waals surface area contributed by atoms with Gasteiger partial charge in [-0.1, -0.05) is 0 Å². The number of rotatable bonds is 0. The normalized spacial score (nSPS) is 15.1. The van der Waals surface area contributed by atoms with Crippen LogP contribution in [0, 0.1) is 0 Å². The van der Waals surface area contributed by atoms with E-state index in [2.05, 4.69) is 10.9 Å². The third kappa shape index (κ3) is 0.614. The summed E-state index contributed by atoms with van der Waals surface area (Å²) >= 11 is 0. The Kier molecular flexibility index (Phi) is 0.845. The lowest BCUT2D eigenvalue weighted by Gasteiger charge is -1.88. The van der Waals surface area contributed by atoms with Crippen molar-refractivity contribution in [3.8, 4) is 0 Å². The highest BCUT2D eigenvalue weighted by molar-refractivity contribution is 5.56. The molecule has 0 radical (unpaired) electrons. The molecule has 0 saturated heterocycles. The maximum Gasteiger partial charge on any atom is 0.152 e. The zero-order valence-corrected chi connectivity index (χ0v) is 3.56. The maximum absolute atomic E-state index is 9.69. The zero-order chi connectivity index (χ0) is 5.11. The van der Waals surface area contributed by atoms with E-state index in [1.165, 1.54) is 0 Å². The quantitative estimate of drug-likeness (QED) is 0.393. The van der Waals surface area contributed by atoms with Gasteiger partial charge in [0.2, 0.25) is 0 Å². The highest BCUT2D eigenvalue weighted by Gasteiger charge is 1.92. The predicted molar refractivity (Wildman–Crippen MR) is 24.6 cm³/mol. The first-order chi connectivity index (χ1) is 3.43. The molecule has 1 heterocycles. The molecule has 0 fully saturated rings. The molecule has 0 bridgehead atoms. The van der Waals surface area contributed by atoms with Gasteiger partial charge in [0.1, 0.15) is 5.70 Å². The fourth-order valence-electron chi connectivity index (χ4n) is 0.346. The Bertz CT molecular complexity index is 144. The smallest absolute Gasteiger partial charge is 0.152 e. The molecule has 0 aromatic heterocycles. The Morgan fingerprint density at radius 2 is 2.57 bits per heavy atom. The Morgan fingerprint density at radius 1 is 1.71 bits per heavy atom. The van der Waals surface area contributed by atoms with E-state index >= 15 is 0 Å². The minimum atomic E-state index is 0.444. The SMILES string of the molecule is O=C=C1C=CNN1. The van der Waals surface area contributed by atoms with Crippen molar-refractivity contribution in [1.82, 2.24) is 10.9 Å².